The molecule has 0 unspecified atom stereocenters. The maximum Gasteiger partial charge on any atom is 0.416 e. The van der Waals surface area contributed by atoms with Gasteiger partial charge in [-0.2, -0.15) is 13.2 Å². The second-order valence-electron chi connectivity index (χ2n) is 5.83. The fourth-order valence-corrected chi connectivity index (χ4v) is 2.64. The fraction of sp³-hybridized carbons (Fsp3) is 0.533. The first-order valence-corrected chi connectivity index (χ1v) is 7.32. The Bertz CT molecular complexity index is 576. The van der Waals surface area contributed by atoms with Crippen LogP contribution in [-0.4, -0.2) is 37.4 Å². The summed E-state index contributed by atoms with van der Waals surface area (Å²) >= 11 is 0. The third-order valence-electron chi connectivity index (χ3n) is 3.85. The molecule has 0 saturated heterocycles. The Hall–Kier alpha value is -1.96. The van der Waals surface area contributed by atoms with Crippen LogP contribution >= 0.6 is 0 Å². The van der Waals surface area contributed by atoms with E-state index in [2.05, 4.69) is 10.6 Å². The Morgan fingerprint density at radius 2 is 2.00 bits per heavy atom. The highest BCUT2D eigenvalue weighted by atomic mass is 19.4. The summed E-state index contributed by atoms with van der Waals surface area (Å²) in [6.45, 7) is 0. The third-order valence-corrected chi connectivity index (χ3v) is 3.85. The Morgan fingerprint density at radius 3 is 2.52 bits per heavy atom. The van der Waals surface area contributed by atoms with Crippen LogP contribution in [0.1, 0.15) is 24.8 Å². The van der Waals surface area contributed by atoms with E-state index in [1.54, 1.807) is 19.0 Å². The van der Waals surface area contributed by atoms with Crippen molar-refractivity contribution in [3.05, 3.63) is 23.8 Å². The maximum absolute atomic E-state index is 12.8. The van der Waals surface area contributed by atoms with Crippen LogP contribution < -0.4 is 15.5 Å². The summed E-state index contributed by atoms with van der Waals surface area (Å²) in [5, 5.41) is 14.7. The molecule has 23 heavy (non-hydrogen) atoms. The normalized spacial score (nSPS) is 21.1. The second-order valence-corrected chi connectivity index (χ2v) is 5.83. The number of hydrogen-bond acceptors (Lipinski definition) is 3. The van der Waals surface area contributed by atoms with Crippen molar-refractivity contribution in [3.63, 3.8) is 0 Å². The van der Waals surface area contributed by atoms with Crippen LogP contribution in [0.4, 0.5) is 29.3 Å². The van der Waals surface area contributed by atoms with E-state index in [0.717, 1.165) is 18.6 Å². The van der Waals surface area contributed by atoms with Crippen molar-refractivity contribution in [2.45, 2.75) is 37.6 Å². The molecule has 128 valence electrons. The molecule has 3 N–H and O–H groups in total. The van der Waals surface area contributed by atoms with Crippen LogP contribution in [0.3, 0.4) is 0 Å². The summed E-state index contributed by atoms with van der Waals surface area (Å²) in [5.41, 5.74) is -0.311. The molecule has 0 radical (unpaired) electrons. The van der Waals surface area contributed by atoms with Crippen molar-refractivity contribution in [2.24, 2.45) is 0 Å². The number of benzene rings is 1. The number of nitrogens with one attached hydrogen (secondary N) is 2. The van der Waals surface area contributed by atoms with Gasteiger partial charge in [0.25, 0.3) is 0 Å². The summed E-state index contributed by atoms with van der Waals surface area (Å²) in [5.74, 6) is 0. The number of urea groups is 1. The quantitative estimate of drug-likeness (QED) is 0.798. The van der Waals surface area contributed by atoms with Crippen molar-refractivity contribution >= 4 is 17.4 Å². The van der Waals surface area contributed by atoms with Gasteiger partial charge in [-0.3, -0.25) is 0 Å². The van der Waals surface area contributed by atoms with Gasteiger partial charge < -0.3 is 20.6 Å². The topological polar surface area (TPSA) is 64.6 Å². The number of aliphatic hydroxyl groups is 1. The molecular weight excluding hydrogens is 311 g/mol. The van der Waals surface area contributed by atoms with E-state index in [1.807, 2.05) is 0 Å². The van der Waals surface area contributed by atoms with E-state index in [-0.39, 0.29) is 11.7 Å². The number of amides is 2. The minimum absolute atomic E-state index is 0.0646. The van der Waals surface area contributed by atoms with E-state index in [4.69, 9.17) is 0 Å². The van der Waals surface area contributed by atoms with Gasteiger partial charge in [-0.15, -0.1) is 0 Å². The van der Waals surface area contributed by atoms with Gasteiger partial charge in [-0.05, 0) is 37.5 Å². The number of anilines is 2. The first kappa shape index (κ1) is 17.4. The highest BCUT2D eigenvalue weighted by Gasteiger charge is 2.32. The molecule has 1 fully saturated rings. The zero-order chi connectivity index (χ0) is 17.2. The number of aliphatic hydroxyl groups excluding tert-OH is 1. The number of nitrogens with zero attached hydrogens (tertiary/aromatic N) is 1. The fourth-order valence-electron chi connectivity index (χ4n) is 2.64. The van der Waals surface area contributed by atoms with Gasteiger partial charge in [-0.1, -0.05) is 0 Å². The van der Waals surface area contributed by atoms with E-state index in [0.29, 0.717) is 18.5 Å². The van der Waals surface area contributed by atoms with Gasteiger partial charge in [0.15, 0.2) is 0 Å². The van der Waals surface area contributed by atoms with Crippen LogP contribution in [0.25, 0.3) is 0 Å². The summed E-state index contributed by atoms with van der Waals surface area (Å²) in [4.78, 5) is 13.6. The van der Waals surface area contributed by atoms with Gasteiger partial charge in [-0.25, -0.2) is 4.79 Å². The van der Waals surface area contributed by atoms with Crippen LogP contribution in [0.2, 0.25) is 0 Å². The molecule has 2 atom stereocenters. The zero-order valence-corrected chi connectivity index (χ0v) is 12.9. The van der Waals surface area contributed by atoms with Crippen LogP contribution in [-0.2, 0) is 6.18 Å². The van der Waals surface area contributed by atoms with E-state index in [9.17, 15) is 23.1 Å². The first-order chi connectivity index (χ1) is 10.7. The molecular formula is C15H20F3N3O2. The number of carbonyl (C=O) groups is 1. The molecule has 5 nitrogen and oxygen atoms in total. The summed E-state index contributed by atoms with van der Waals surface area (Å²) in [6, 6.07) is 2.18. The summed E-state index contributed by atoms with van der Waals surface area (Å²) < 4.78 is 38.5. The molecule has 0 aliphatic heterocycles. The molecule has 0 heterocycles. The molecule has 0 aromatic heterocycles. The van der Waals surface area contributed by atoms with Crippen molar-refractivity contribution in [3.8, 4) is 0 Å². The number of carbonyl (C=O) groups excluding carboxylic acids is 1. The van der Waals surface area contributed by atoms with Crippen LogP contribution in [0, 0.1) is 0 Å². The predicted molar refractivity (Wildman–Crippen MR) is 81.6 cm³/mol. The molecule has 2 rings (SSSR count). The lowest BCUT2D eigenvalue weighted by Gasteiger charge is -2.21. The van der Waals surface area contributed by atoms with Crippen molar-refractivity contribution in [1.82, 2.24) is 5.32 Å². The average Bonchev–Trinajstić information content (AvgIpc) is 2.82. The third kappa shape index (κ3) is 4.28. The molecule has 0 bridgehead atoms. The number of alkyl halides is 3. The lowest BCUT2D eigenvalue weighted by Crippen LogP contribution is -2.42. The summed E-state index contributed by atoms with van der Waals surface area (Å²) in [6.07, 6.45) is -3.04. The van der Waals surface area contributed by atoms with Gasteiger partial charge in [0.2, 0.25) is 0 Å². The molecule has 1 aliphatic rings. The van der Waals surface area contributed by atoms with E-state index < -0.39 is 23.9 Å². The highest BCUT2D eigenvalue weighted by Crippen LogP contribution is 2.35. The number of halogens is 3. The Labute approximate surface area is 132 Å². The van der Waals surface area contributed by atoms with Crippen LogP contribution in [0.5, 0.6) is 0 Å². The van der Waals surface area contributed by atoms with Crippen molar-refractivity contribution in [1.29, 1.82) is 0 Å². The van der Waals surface area contributed by atoms with Gasteiger partial charge >= 0.3 is 12.2 Å². The SMILES string of the molecule is CN(C)c1ccc(C(F)(F)F)cc1NC(=O)N[C@@H]1CCC[C@@H]1O. The zero-order valence-electron chi connectivity index (χ0n) is 12.9. The second kappa shape index (κ2) is 6.66. The van der Waals surface area contributed by atoms with Crippen molar-refractivity contribution in [2.75, 3.05) is 24.3 Å². The molecule has 2 amide bonds. The molecule has 1 aliphatic carbocycles. The predicted octanol–water partition coefficient (Wildman–Crippen LogP) is 2.81. The standard InChI is InChI=1S/C15H20F3N3O2/c1-21(2)12-7-6-9(15(16,17)18)8-11(12)20-14(23)19-10-4-3-5-13(10)22/h6-8,10,13,22H,3-5H2,1-2H3,(H2,19,20,23)/t10-,13+/m1/s1. The average molecular weight is 331 g/mol. The minimum Gasteiger partial charge on any atom is -0.391 e. The largest absolute Gasteiger partial charge is 0.416 e. The number of hydrogen-bond donors (Lipinski definition) is 3. The Morgan fingerprint density at radius 1 is 1.30 bits per heavy atom. The molecule has 0 spiro atoms. The smallest absolute Gasteiger partial charge is 0.391 e. The molecule has 1 saturated carbocycles. The van der Waals surface area contributed by atoms with E-state index in [1.165, 1.54) is 6.07 Å². The molecule has 1 aromatic carbocycles. The maximum atomic E-state index is 12.8. The Balaban J connectivity index is 2.17. The highest BCUT2D eigenvalue weighted by molar-refractivity contribution is 5.93. The first-order valence-electron chi connectivity index (χ1n) is 7.32. The van der Waals surface area contributed by atoms with Gasteiger partial charge in [0.05, 0.1) is 29.1 Å². The van der Waals surface area contributed by atoms with Gasteiger partial charge in [0.1, 0.15) is 0 Å². The summed E-state index contributed by atoms with van der Waals surface area (Å²) in [7, 11) is 3.35. The minimum atomic E-state index is -4.49. The number of rotatable bonds is 3. The van der Waals surface area contributed by atoms with Crippen LogP contribution in [0.15, 0.2) is 18.2 Å². The Kier molecular flexibility index (Phi) is 5.03. The lowest BCUT2D eigenvalue weighted by molar-refractivity contribution is -0.137. The monoisotopic (exact) mass is 331 g/mol. The molecule has 8 heteroatoms. The van der Waals surface area contributed by atoms with Crippen molar-refractivity contribution < 1.29 is 23.1 Å². The lowest BCUT2D eigenvalue weighted by atomic mass is 10.1. The van der Waals surface area contributed by atoms with E-state index >= 15 is 0 Å². The molecule has 1 aromatic rings. The van der Waals surface area contributed by atoms with Gasteiger partial charge in [0, 0.05) is 14.1 Å².